The summed E-state index contributed by atoms with van der Waals surface area (Å²) < 4.78 is 33.3. The first kappa shape index (κ1) is 11.3. The number of alkyl halides is 3. The van der Waals surface area contributed by atoms with Crippen molar-refractivity contribution in [3.63, 3.8) is 0 Å². The molecule has 0 saturated heterocycles. The van der Waals surface area contributed by atoms with Gasteiger partial charge < -0.3 is 9.47 Å². The number of halogens is 3. The minimum Gasteiger partial charge on any atom is -0.491 e. The van der Waals surface area contributed by atoms with Gasteiger partial charge in [0, 0.05) is 6.07 Å². The number of hydrogen-bond acceptors (Lipinski definition) is 3. The average molecular weight is 293 g/mol. The minimum atomic E-state index is -2.89. The van der Waals surface area contributed by atoms with Gasteiger partial charge in [0.2, 0.25) is 0 Å². The zero-order valence-electron chi connectivity index (χ0n) is 7.95. The molecular formula is C10H7BrF2O3. The highest BCUT2D eigenvalue weighted by atomic mass is 79.9. The fourth-order valence-electron chi connectivity index (χ4n) is 1.41. The molecule has 1 aliphatic heterocycles. The Balaban J connectivity index is 2.30. The number of ketones is 1. The lowest BCUT2D eigenvalue weighted by atomic mass is 10.1. The molecule has 0 aliphatic carbocycles. The molecule has 2 rings (SSSR count). The van der Waals surface area contributed by atoms with Crippen LogP contribution in [-0.2, 0) is 0 Å². The Hall–Kier alpha value is -1.17. The second-order valence-electron chi connectivity index (χ2n) is 3.18. The standard InChI is InChI=1S/C10H7BrF2O3/c11-7-4-15-8-3-5(16-10(12)13)1-2-6(8)9(7)14/h1-3,7,10H,4H2/t7-/m0/s1. The zero-order valence-corrected chi connectivity index (χ0v) is 9.54. The van der Waals surface area contributed by atoms with E-state index in [9.17, 15) is 13.6 Å². The molecule has 0 saturated carbocycles. The Morgan fingerprint density at radius 3 is 2.94 bits per heavy atom. The van der Waals surface area contributed by atoms with Crippen molar-refractivity contribution in [2.45, 2.75) is 11.4 Å². The van der Waals surface area contributed by atoms with E-state index in [1.54, 1.807) is 0 Å². The molecule has 0 bridgehead atoms. The van der Waals surface area contributed by atoms with E-state index in [2.05, 4.69) is 20.7 Å². The third-order valence-corrected chi connectivity index (χ3v) is 2.79. The number of carbonyl (C=O) groups excluding carboxylic acids is 1. The van der Waals surface area contributed by atoms with Crippen LogP contribution in [0.1, 0.15) is 10.4 Å². The van der Waals surface area contributed by atoms with Gasteiger partial charge in [0.15, 0.2) is 5.78 Å². The average Bonchev–Trinajstić information content (AvgIpc) is 2.23. The van der Waals surface area contributed by atoms with Gasteiger partial charge in [-0.15, -0.1) is 0 Å². The van der Waals surface area contributed by atoms with E-state index in [1.807, 2.05) is 0 Å². The molecule has 0 unspecified atom stereocenters. The van der Waals surface area contributed by atoms with Gasteiger partial charge in [-0.05, 0) is 12.1 Å². The van der Waals surface area contributed by atoms with Crippen LogP contribution in [0.25, 0.3) is 0 Å². The minimum absolute atomic E-state index is 0.0189. The lowest BCUT2D eigenvalue weighted by molar-refractivity contribution is -0.0499. The number of benzene rings is 1. The Morgan fingerprint density at radius 1 is 1.50 bits per heavy atom. The molecule has 0 spiro atoms. The summed E-state index contributed by atoms with van der Waals surface area (Å²) in [6.07, 6.45) is 0. The highest BCUT2D eigenvalue weighted by Crippen LogP contribution is 2.31. The fourth-order valence-corrected chi connectivity index (χ4v) is 1.79. The molecule has 1 atom stereocenters. The lowest BCUT2D eigenvalue weighted by Crippen LogP contribution is -2.27. The van der Waals surface area contributed by atoms with Crippen LogP contribution in [0.3, 0.4) is 0 Å². The van der Waals surface area contributed by atoms with Crippen LogP contribution in [-0.4, -0.2) is 23.8 Å². The highest BCUT2D eigenvalue weighted by molar-refractivity contribution is 9.10. The van der Waals surface area contributed by atoms with Crippen molar-refractivity contribution in [2.24, 2.45) is 0 Å². The first-order valence-corrected chi connectivity index (χ1v) is 5.39. The maximum absolute atomic E-state index is 12.0. The SMILES string of the molecule is O=C1c2ccc(OC(F)F)cc2OC[C@@H]1Br. The number of hydrogen-bond donors (Lipinski definition) is 0. The molecule has 1 heterocycles. The first-order chi connectivity index (χ1) is 7.58. The maximum atomic E-state index is 12.0. The maximum Gasteiger partial charge on any atom is 0.387 e. The summed E-state index contributed by atoms with van der Waals surface area (Å²) in [5.74, 6) is 0.137. The van der Waals surface area contributed by atoms with Gasteiger partial charge in [-0.25, -0.2) is 0 Å². The van der Waals surface area contributed by atoms with E-state index >= 15 is 0 Å². The second-order valence-corrected chi connectivity index (χ2v) is 4.28. The van der Waals surface area contributed by atoms with Crippen LogP contribution in [0.15, 0.2) is 18.2 Å². The van der Waals surface area contributed by atoms with Crippen LogP contribution in [0.4, 0.5) is 8.78 Å². The zero-order chi connectivity index (χ0) is 11.7. The Bertz CT molecular complexity index is 423. The number of rotatable bonds is 2. The van der Waals surface area contributed by atoms with E-state index < -0.39 is 6.61 Å². The van der Waals surface area contributed by atoms with Gasteiger partial charge in [-0.3, -0.25) is 4.79 Å². The first-order valence-electron chi connectivity index (χ1n) is 4.48. The van der Waals surface area contributed by atoms with Gasteiger partial charge in [0.25, 0.3) is 0 Å². The van der Waals surface area contributed by atoms with Crippen LogP contribution >= 0.6 is 15.9 Å². The summed E-state index contributed by atoms with van der Waals surface area (Å²) in [6, 6.07) is 4.03. The van der Waals surface area contributed by atoms with Crippen LogP contribution < -0.4 is 9.47 Å². The van der Waals surface area contributed by atoms with Crippen LogP contribution in [0.5, 0.6) is 11.5 Å². The highest BCUT2D eigenvalue weighted by Gasteiger charge is 2.27. The third-order valence-electron chi connectivity index (χ3n) is 2.11. The molecule has 86 valence electrons. The predicted molar refractivity (Wildman–Crippen MR) is 55.6 cm³/mol. The molecule has 0 N–H and O–H groups in total. The fraction of sp³-hybridized carbons (Fsp3) is 0.300. The normalized spacial score (nSPS) is 19.2. The topological polar surface area (TPSA) is 35.5 Å². The van der Waals surface area contributed by atoms with Crippen molar-refractivity contribution >= 4 is 21.7 Å². The molecule has 6 heteroatoms. The van der Waals surface area contributed by atoms with Gasteiger partial charge in [-0.1, -0.05) is 15.9 Å². The van der Waals surface area contributed by atoms with E-state index in [4.69, 9.17) is 4.74 Å². The molecule has 1 aromatic carbocycles. The van der Waals surface area contributed by atoms with E-state index in [0.29, 0.717) is 5.56 Å². The summed E-state index contributed by atoms with van der Waals surface area (Å²) in [5, 5.41) is 0. The van der Waals surface area contributed by atoms with Gasteiger partial charge >= 0.3 is 6.61 Å². The van der Waals surface area contributed by atoms with Crippen molar-refractivity contribution in [1.29, 1.82) is 0 Å². The summed E-state index contributed by atoms with van der Waals surface area (Å²) in [7, 11) is 0. The summed E-state index contributed by atoms with van der Waals surface area (Å²) in [6.45, 7) is -2.70. The molecule has 1 aromatic rings. The number of fused-ring (bicyclic) bond motifs is 1. The van der Waals surface area contributed by atoms with E-state index in [1.165, 1.54) is 18.2 Å². The molecule has 1 aliphatic rings. The Morgan fingerprint density at radius 2 is 2.25 bits per heavy atom. The summed E-state index contributed by atoms with van der Waals surface area (Å²) in [5.41, 5.74) is 0.370. The summed E-state index contributed by atoms with van der Waals surface area (Å²) >= 11 is 3.16. The van der Waals surface area contributed by atoms with Crippen molar-refractivity contribution in [2.75, 3.05) is 6.61 Å². The van der Waals surface area contributed by atoms with Gasteiger partial charge in [0.1, 0.15) is 22.9 Å². The van der Waals surface area contributed by atoms with Crippen molar-refractivity contribution < 1.29 is 23.0 Å². The van der Waals surface area contributed by atoms with E-state index in [-0.39, 0.29) is 28.7 Å². The predicted octanol–water partition coefficient (Wildman–Crippen LogP) is 2.63. The third kappa shape index (κ3) is 2.16. The molecule has 0 radical (unpaired) electrons. The molecule has 0 fully saturated rings. The van der Waals surface area contributed by atoms with Gasteiger partial charge in [0.05, 0.1) is 5.56 Å². The number of ether oxygens (including phenoxy) is 2. The largest absolute Gasteiger partial charge is 0.491 e. The van der Waals surface area contributed by atoms with E-state index in [0.717, 1.165) is 0 Å². The monoisotopic (exact) mass is 292 g/mol. The van der Waals surface area contributed by atoms with Gasteiger partial charge in [-0.2, -0.15) is 8.78 Å². The quantitative estimate of drug-likeness (QED) is 0.786. The second kappa shape index (κ2) is 4.37. The molecular weight excluding hydrogens is 286 g/mol. The Kier molecular flexibility index (Phi) is 3.09. The van der Waals surface area contributed by atoms with Crippen LogP contribution in [0, 0.1) is 0 Å². The lowest BCUT2D eigenvalue weighted by Gasteiger charge is -2.20. The summed E-state index contributed by atoms with van der Waals surface area (Å²) in [4.78, 5) is 11.2. The number of Topliss-reactive ketones (excluding diaryl/α,β-unsaturated/α-hetero) is 1. The van der Waals surface area contributed by atoms with Crippen molar-refractivity contribution in [3.05, 3.63) is 23.8 Å². The van der Waals surface area contributed by atoms with Crippen molar-refractivity contribution in [3.8, 4) is 11.5 Å². The smallest absolute Gasteiger partial charge is 0.387 e. The van der Waals surface area contributed by atoms with Crippen molar-refractivity contribution in [1.82, 2.24) is 0 Å². The Labute approximate surface area is 98.5 Å². The molecule has 3 nitrogen and oxygen atoms in total. The number of carbonyl (C=O) groups is 1. The molecule has 0 amide bonds. The molecule has 16 heavy (non-hydrogen) atoms. The van der Waals surface area contributed by atoms with Crippen LogP contribution in [0.2, 0.25) is 0 Å². The molecule has 0 aromatic heterocycles.